The molecule has 2 aromatic rings. The van der Waals surface area contributed by atoms with E-state index in [0.29, 0.717) is 101 Å². The van der Waals surface area contributed by atoms with Gasteiger partial charge in [0.15, 0.2) is 6.10 Å². The topological polar surface area (TPSA) is 438 Å². The van der Waals surface area contributed by atoms with Crippen molar-refractivity contribution in [3.63, 3.8) is 0 Å². The molecule has 32 nitrogen and oxygen atoms in total. The molecule has 10 atom stereocenters. The van der Waals surface area contributed by atoms with Crippen LogP contribution in [0.15, 0.2) is 74.8 Å². The molecule has 3 heterocycles. The van der Waals surface area contributed by atoms with Crippen LogP contribution >= 0.6 is 0 Å². The van der Waals surface area contributed by atoms with E-state index >= 15 is 0 Å². The van der Waals surface area contributed by atoms with Gasteiger partial charge >= 0.3 is 54.3 Å². The highest BCUT2D eigenvalue weighted by Gasteiger charge is 2.46. The highest BCUT2D eigenvalue weighted by atomic mass is 16.6. The number of nitrogens with zero attached hydrogens (tertiary/aromatic N) is 3. The molecule has 11 N–H and O–H groups in total. The van der Waals surface area contributed by atoms with Crippen molar-refractivity contribution < 1.29 is 76.4 Å². The van der Waals surface area contributed by atoms with E-state index in [4.69, 9.17) is 28.4 Å². The molecule has 0 bridgehead atoms. The van der Waals surface area contributed by atoms with Crippen LogP contribution in [0.2, 0.25) is 0 Å². The zero-order valence-electron chi connectivity index (χ0n) is 88.6. The Bertz CT molecular complexity index is 4460. The maximum absolute atomic E-state index is 13.7. The van der Waals surface area contributed by atoms with E-state index in [-0.39, 0.29) is 130 Å². The molecule has 0 aromatic carbocycles. The number of rotatable bonds is 64. The first-order chi connectivity index (χ1) is 67.1. The van der Waals surface area contributed by atoms with Crippen molar-refractivity contribution in [3.8, 4) is 0 Å². The predicted octanol–water partition coefficient (Wildman–Crippen LogP) is 23.0. The van der Waals surface area contributed by atoms with Crippen molar-refractivity contribution in [2.75, 3.05) is 43.5 Å². The summed E-state index contributed by atoms with van der Waals surface area (Å²) in [6.45, 7) is 31.7. The number of H-pyrrole nitrogens is 2. The number of allylic oxidation sites excluding steroid dienone is 3. The Morgan fingerprint density at radius 2 is 0.745 bits per heavy atom. The second-order valence-electron chi connectivity index (χ2n) is 44.3. The third-order valence-electron chi connectivity index (χ3n) is 26.9. The van der Waals surface area contributed by atoms with Crippen LogP contribution in [0.3, 0.4) is 0 Å². The van der Waals surface area contributed by atoms with Gasteiger partial charge < -0.3 is 65.6 Å². The van der Waals surface area contributed by atoms with Crippen LogP contribution in [-0.2, 0) is 47.6 Å². The van der Waals surface area contributed by atoms with Crippen LogP contribution in [0.1, 0.15) is 416 Å². The van der Waals surface area contributed by atoms with E-state index in [2.05, 4.69) is 192 Å². The number of alkyl carbamates (subject to hydrolysis) is 3. The average molecular weight is 1970 g/mol. The maximum atomic E-state index is 13.7. The minimum absolute atomic E-state index is 0.0704. The van der Waals surface area contributed by atoms with Crippen LogP contribution in [0.5, 0.6) is 0 Å². The molecule has 10 unspecified atom stereocenters. The van der Waals surface area contributed by atoms with Crippen molar-refractivity contribution >= 4 is 77.9 Å². The average Bonchev–Trinajstić information content (AvgIpc) is 0.802. The van der Waals surface area contributed by atoms with Crippen LogP contribution in [0.25, 0.3) is 0 Å². The maximum Gasteiger partial charge on any atom is 0.407 e. The molecular weight excluding hydrogens is 1790 g/mol. The Hall–Kier alpha value is -9.91. The summed E-state index contributed by atoms with van der Waals surface area (Å²) in [6.07, 6.45) is 51.0. The lowest BCUT2D eigenvalue weighted by Crippen LogP contribution is -2.51. The summed E-state index contributed by atoms with van der Waals surface area (Å²) in [7, 11) is 0. The number of aryl methyl sites for hydroxylation is 2. The van der Waals surface area contributed by atoms with Crippen molar-refractivity contribution in [2.45, 2.75) is 461 Å². The predicted molar refractivity (Wildman–Crippen MR) is 556 cm³/mol. The standard InChI is InChI=1S/C109H180N14O18/c1-16-19-22-43-52-85(139-101(133)115-82-65-104(7,8)73-107(13,68-82)76-110-98(130)119-89-61-79(4)62-90(124)118-89)55-46-37-31-25-28-34-40-49-58-93(127)136-71-88(138-95(129)60-51-42-36-30-27-33-39-48-57-87(54-45-24-21-18-3)141-103(135)117-84-67-106(11,12)75-109(15,70-84)78-112-100(132)123-97-114-81(6)64-92(126)121-97)72-137-94(128)59-50-41-35-29-26-32-38-47-56-86(53-44-23-20-17-2)140-102(134)116-83-66-105(9,10)74-108(14,69-83)77-111-99(131)122-96-113-80(5)63-91(125)120-96/h37-39,46-48,62-64,82-88H,16-36,40-45,49-61,65-78H2,1-15H3,(H,115,133)(H,116,134)(H,117,135)(H2,110,118,119,124,130)(H3,111,113,120,122,125,131)(H3,112,114,121,123,126,132)/b46-37+,47-38+,48-39+. The number of ether oxygens (including phenoxy) is 6. The highest BCUT2D eigenvalue weighted by Crippen LogP contribution is 2.49. The van der Waals surface area contributed by atoms with Crippen molar-refractivity contribution in [1.29, 1.82) is 0 Å². The molecule has 0 radical (unpaired) electrons. The molecule has 10 amide bonds. The van der Waals surface area contributed by atoms with Crippen molar-refractivity contribution in [2.24, 2.45) is 37.5 Å². The summed E-state index contributed by atoms with van der Waals surface area (Å²) in [5, 5.41) is 26.3. The van der Waals surface area contributed by atoms with E-state index in [1.54, 1.807) is 13.8 Å². The van der Waals surface area contributed by atoms with E-state index in [0.717, 1.165) is 237 Å². The molecular formula is C109H180N14O18. The smallest absolute Gasteiger partial charge is 0.407 e. The molecule has 0 spiro atoms. The minimum Gasteiger partial charge on any atom is -0.462 e. The Morgan fingerprint density at radius 3 is 1.09 bits per heavy atom. The number of aromatic nitrogens is 4. The van der Waals surface area contributed by atoms with Gasteiger partial charge in [0, 0.05) is 112 Å². The monoisotopic (exact) mass is 1970 g/mol. The third-order valence-corrected chi connectivity index (χ3v) is 26.9. The van der Waals surface area contributed by atoms with Crippen molar-refractivity contribution in [1.82, 2.24) is 57.2 Å². The third kappa shape index (κ3) is 53.8. The van der Waals surface area contributed by atoms with Gasteiger partial charge in [-0.25, -0.2) is 38.7 Å². The molecule has 3 saturated carbocycles. The molecule has 794 valence electrons. The molecule has 141 heavy (non-hydrogen) atoms. The summed E-state index contributed by atoms with van der Waals surface area (Å²) in [5.74, 6) is -1.12. The van der Waals surface area contributed by atoms with Gasteiger partial charge in [-0.1, -0.05) is 241 Å². The summed E-state index contributed by atoms with van der Waals surface area (Å²) < 4.78 is 35.7. The molecule has 4 aliphatic rings. The molecule has 3 aliphatic carbocycles. The molecule has 2 aromatic heterocycles. The van der Waals surface area contributed by atoms with Crippen LogP contribution in [0, 0.1) is 46.3 Å². The lowest BCUT2D eigenvalue weighted by atomic mass is 9.62. The van der Waals surface area contributed by atoms with Crippen molar-refractivity contribution in [3.05, 3.63) is 92.3 Å². The van der Waals surface area contributed by atoms with E-state index in [1.165, 1.54) is 18.2 Å². The number of unbranched alkanes of at least 4 members (excludes halogenated alkanes) is 24. The van der Waals surface area contributed by atoms with Gasteiger partial charge in [0.05, 0.1) is 0 Å². The summed E-state index contributed by atoms with van der Waals surface area (Å²) >= 11 is 0. The second-order valence-corrected chi connectivity index (χ2v) is 44.3. The Morgan fingerprint density at radius 1 is 0.411 bits per heavy atom. The number of amidine groups is 1. The quantitative estimate of drug-likeness (QED) is 0.0127. The summed E-state index contributed by atoms with van der Waals surface area (Å²) in [4.78, 5) is 173. The number of nitrogens with one attached hydrogen (secondary N) is 11. The van der Waals surface area contributed by atoms with Crippen LogP contribution in [0.4, 0.5) is 40.7 Å². The normalized spacial score (nSPS) is 21.0. The molecule has 3 fully saturated rings. The SMILES string of the molecule is CCCCCCC(C/C=C/CCCCCCCC(=O)OCC(COC(=O)CCCCCCC/C=C/CC(CCCCCC)OC(=O)NC1CC(C)(C)CC(C)(CNC(=O)Nc2nc(C)cc(=O)[nH]2)C1)OC(=O)CCCCCCC/C=C/CC(CCCCCC)OC(=O)NC1CC(C)(C)CC(C)(CNC(=O)Nc2nc(C)cc(=O)[nH]2)C1)OC(=O)NC1CC(C)(C)CC(C)(CNC(=O)N=C2CC(C)=CC(=O)N2)C1. The summed E-state index contributed by atoms with van der Waals surface area (Å²) in [5.41, 5.74) is -0.265. The zero-order chi connectivity index (χ0) is 103. The first-order valence-electron chi connectivity index (χ1n) is 53.6. The number of esters is 3. The molecule has 6 rings (SSSR count). The Labute approximate surface area is 841 Å². The number of carbonyl (C=O) groups is 10. The number of carbonyl (C=O) groups excluding carboxylic acids is 10. The van der Waals surface area contributed by atoms with Gasteiger partial charge in [0.2, 0.25) is 17.8 Å². The van der Waals surface area contributed by atoms with Gasteiger partial charge in [-0.3, -0.25) is 49.4 Å². The number of hydrogen-bond donors (Lipinski definition) is 11. The highest BCUT2D eigenvalue weighted by molar-refractivity contribution is 6.09. The number of hydrogen-bond acceptors (Lipinski definition) is 20. The fraction of sp³-hybridized carbons (Fsp3) is 0.752. The van der Waals surface area contributed by atoms with E-state index in [1.807, 2.05) is 6.92 Å². The van der Waals surface area contributed by atoms with Gasteiger partial charge in [-0.05, 0) is 207 Å². The number of aliphatic imine (C=N–C) groups is 1. The van der Waals surface area contributed by atoms with Gasteiger partial charge in [0.25, 0.3) is 11.1 Å². The van der Waals surface area contributed by atoms with Gasteiger partial charge in [-0.15, -0.1) is 0 Å². The summed E-state index contributed by atoms with van der Waals surface area (Å²) in [6, 6.07) is 0.746. The number of aromatic amines is 2. The first-order valence-corrected chi connectivity index (χ1v) is 53.6. The molecule has 32 heteroatoms. The second kappa shape index (κ2) is 64.0. The largest absolute Gasteiger partial charge is 0.462 e. The van der Waals surface area contributed by atoms with E-state index in [9.17, 15) is 57.5 Å². The van der Waals surface area contributed by atoms with Gasteiger partial charge in [-0.2, -0.15) is 4.99 Å². The number of urea groups is 3. The first kappa shape index (κ1) is 120. The Balaban J connectivity index is 0.924. The number of anilines is 2. The fourth-order valence-electron chi connectivity index (χ4n) is 21.3. The van der Waals surface area contributed by atoms with Crippen LogP contribution in [-0.4, -0.2) is 161 Å². The Kier molecular flexibility index (Phi) is 54.3. The lowest BCUT2D eigenvalue weighted by molar-refractivity contribution is -0.167. The van der Waals surface area contributed by atoms with Crippen LogP contribution < -0.4 is 59.0 Å². The zero-order valence-corrected chi connectivity index (χ0v) is 88.6. The number of amides is 10. The van der Waals surface area contributed by atoms with E-state index < -0.39 is 60.4 Å². The molecule has 0 saturated heterocycles. The van der Waals surface area contributed by atoms with Gasteiger partial charge in [0.1, 0.15) is 37.4 Å². The minimum atomic E-state index is -0.974. The fourth-order valence-corrected chi connectivity index (χ4v) is 21.3. The lowest BCUT2D eigenvalue weighted by Gasteiger charge is -2.46. The molecule has 1 aliphatic heterocycles.